The number of carboxylic acids is 1. The number of nitrogens with one attached hydrogen (secondary N) is 1. The molecule has 1 aromatic heterocycles. The van der Waals surface area contributed by atoms with Crippen molar-refractivity contribution < 1.29 is 23.1 Å². The van der Waals surface area contributed by atoms with Crippen LogP contribution in [0.2, 0.25) is 0 Å². The molecular formula is C11H17N3O5S. The van der Waals surface area contributed by atoms with Gasteiger partial charge in [-0.3, -0.25) is 5.10 Å². The molecule has 2 heterocycles. The third-order valence-electron chi connectivity index (χ3n) is 3.23. The summed E-state index contributed by atoms with van der Waals surface area (Å²) >= 11 is 0. The molecule has 0 aromatic carbocycles. The summed E-state index contributed by atoms with van der Waals surface area (Å²) in [6.45, 7) is 5.40. The Labute approximate surface area is 116 Å². The van der Waals surface area contributed by atoms with Crippen LogP contribution in [-0.2, 0) is 14.8 Å². The fraction of sp³-hybridized carbons (Fsp3) is 0.636. The monoisotopic (exact) mass is 303 g/mol. The van der Waals surface area contributed by atoms with Gasteiger partial charge >= 0.3 is 5.97 Å². The van der Waals surface area contributed by atoms with Crippen molar-refractivity contribution in [2.24, 2.45) is 0 Å². The Morgan fingerprint density at radius 3 is 2.75 bits per heavy atom. The maximum absolute atomic E-state index is 12.6. The molecular weight excluding hydrogens is 286 g/mol. The number of aromatic nitrogens is 2. The van der Waals surface area contributed by atoms with Gasteiger partial charge in [0.15, 0.2) is 0 Å². The molecule has 112 valence electrons. The van der Waals surface area contributed by atoms with Crippen LogP contribution in [0, 0.1) is 6.92 Å². The Morgan fingerprint density at radius 1 is 1.50 bits per heavy atom. The fourth-order valence-electron chi connectivity index (χ4n) is 2.16. The molecule has 0 bridgehead atoms. The molecule has 1 aliphatic rings. The van der Waals surface area contributed by atoms with Crippen molar-refractivity contribution in [2.75, 3.05) is 13.2 Å². The molecule has 0 aliphatic carbocycles. The van der Waals surface area contributed by atoms with E-state index >= 15 is 0 Å². The topological polar surface area (TPSA) is 113 Å². The van der Waals surface area contributed by atoms with Crippen LogP contribution in [0.4, 0.5) is 0 Å². The fourth-order valence-corrected chi connectivity index (χ4v) is 3.99. The van der Waals surface area contributed by atoms with Crippen molar-refractivity contribution in [3.05, 3.63) is 11.3 Å². The van der Waals surface area contributed by atoms with E-state index in [4.69, 9.17) is 9.84 Å². The van der Waals surface area contributed by atoms with Crippen molar-refractivity contribution in [1.82, 2.24) is 14.5 Å². The van der Waals surface area contributed by atoms with Gasteiger partial charge < -0.3 is 9.84 Å². The number of nitrogens with zero attached hydrogens (tertiary/aromatic N) is 2. The summed E-state index contributed by atoms with van der Waals surface area (Å²) in [7, 11) is -3.97. The van der Waals surface area contributed by atoms with Gasteiger partial charge in [0.2, 0.25) is 5.03 Å². The van der Waals surface area contributed by atoms with Gasteiger partial charge in [-0.15, -0.1) is 0 Å². The quantitative estimate of drug-likeness (QED) is 0.825. The number of aromatic amines is 1. The van der Waals surface area contributed by atoms with Crippen LogP contribution in [0.25, 0.3) is 0 Å². The summed E-state index contributed by atoms with van der Waals surface area (Å²) in [4.78, 5) is 11.2. The van der Waals surface area contributed by atoms with Gasteiger partial charge in [0, 0.05) is 18.3 Å². The highest BCUT2D eigenvalue weighted by Gasteiger charge is 2.38. The van der Waals surface area contributed by atoms with Gasteiger partial charge in [-0.05, 0) is 20.8 Å². The van der Waals surface area contributed by atoms with Crippen LogP contribution < -0.4 is 0 Å². The molecule has 2 N–H and O–H groups in total. The molecule has 2 atom stereocenters. The van der Waals surface area contributed by atoms with Gasteiger partial charge in [-0.2, -0.15) is 9.40 Å². The van der Waals surface area contributed by atoms with E-state index < -0.39 is 21.0 Å². The van der Waals surface area contributed by atoms with Crippen molar-refractivity contribution >= 4 is 16.0 Å². The predicted molar refractivity (Wildman–Crippen MR) is 69.1 cm³/mol. The molecule has 2 unspecified atom stereocenters. The summed E-state index contributed by atoms with van der Waals surface area (Å²) in [5.74, 6) is -1.32. The van der Waals surface area contributed by atoms with E-state index in [1.807, 2.05) is 0 Å². The molecule has 0 radical (unpaired) electrons. The standard InChI is InChI=1S/C11H17N3O5S/c1-6-5-19-7(2)4-14(6)20(17,18)10-9(11(15)16)8(3)12-13-10/h6-7H,4-5H2,1-3H3,(H,12,13)(H,15,16). The molecule has 8 nitrogen and oxygen atoms in total. The second-order valence-electron chi connectivity index (χ2n) is 4.90. The maximum Gasteiger partial charge on any atom is 0.340 e. The van der Waals surface area contributed by atoms with Crippen molar-refractivity contribution in [3.63, 3.8) is 0 Å². The molecule has 1 saturated heterocycles. The average Bonchev–Trinajstić information content (AvgIpc) is 2.75. The minimum absolute atomic E-state index is 0.175. The normalized spacial score (nSPS) is 24.8. The Morgan fingerprint density at radius 2 is 2.15 bits per heavy atom. The molecule has 0 amide bonds. The van der Waals surface area contributed by atoms with Gasteiger partial charge in [-0.25, -0.2) is 13.2 Å². The number of aromatic carboxylic acids is 1. The zero-order valence-electron chi connectivity index (χ0n) is 11.5. The SMILES string of the molecule is Cc1[nH]nc(S(=O)(=O)N2CC(C)OCC2C)c1C(=O)O. The van der Waals surface area contributed by atoms with E-state index in [9.17, 15) is 13.2 Å². The van der Waals surface area contributed by atoms with Gasteiger partial charge in [0.25, 0.3) is 10.0 Å². The van der Waals surface area contributed by atoms with Gasteiger partial charge in [-0.1, -0.05) is 0 Å². The predicted octanol–water partition coefficient (Wildman–Crippen LogP) is 0.214. The average molecular weight is 303 g/mol. The largest absolute Gasteiger partial charge is 0.478 e. The third-order valence-corrected chi connectivity index (χ3v) is 5.14. The number of carboxylic acid groups (broad SMARTS) is 1. The zero-order valence-corrected chi connectivity index (χ0v) is 12.3. The van der Waals surface area contributed by atoms with E-state index in [1.165, 1.54) is 11.2 Å². The van der Waals surface area contributed by atoms with Crippen LogP contribution in [0.3, 0.4) is 0 Å². The Bertz CT molecular complexity index is 624. The van der Waals surface area contributed by atoms with Crippen molar-refractivity contribution in [2.45, 2.75) is 37.9 Å². The van der Waals surface area contributed by atoms with Crippen LogP contribution in [0.1, 0.15) is 29.9 Å². The number of hydrogen-bond acceptors (Lipinski definition) is 5. The Hall–Kier alpha value is -1.45. The molecule has 0 spiro atoms. The smallest absolute Gasteiger partial charge is 0.340 e. The second-order valence-corrected chi connectivity index (χ2v) is 6.71. The molecule has 1 aromatic rings. The molecule has 1 aliphatic heterocycles. The van der Waals surface area contributed by atoms with Crippen molar-refractivity contribution in [1.29, 1.82) is 0 Å². The second kappa shape index (κ2) is 5.15. The number of aryl methyl sites for hydroxylation is 1. The first kappa shape index (κ1) is 14.9. The van der Waals surface area contributed by atoms with E-state index in [-0.39, 0.29) is 36.6 Å². The van der Waals surface area contributed by atoms with E-state index in [0.717, 1.165) is 0 Å². The van der Waals surface area contributed by atoms with Crippen molar-refractivity contribution in [3.8, 4) is 0 Å². The minimum Gasteiger partial charge on any atom is -0.478 e. The summed E-state index contributed by atoms with van der Waals surface area (Å²) < 4.78 is 31.8. The number of sulfonamides is 1. The zero-order chi connectivity index (χ0) is 15.1. The van der Waals surface area contributed by atoms with Crippen LogP contribution in [0.5, 0.6) is 0 Å². The maximum atomic E-state index is 12.6. The first-order chi connectivity index (χ1) is 9.25. The number of H-pyrrole nitrogens is 1. The lowest BCUT2D eigenvalue weighted by Crippen LogP contribution is -2.50. The lowest BCUT2D eigenvalue weighted by atomic mass is 10.2. The highest BCUT2D eigenvalue weighted by atomic mass is 32.2. The molecule has 20 heavy (non-hydrogen) atoms. The number of morpholine rings is 1. The lowest BCUT2D eigenvalue weighted by Gasteiger charge is -2.35. The highest BCUT2D eigenvalue weighted by Crippen LogP contribution is 2.25. The number of hydrogen-bond donors (Lipinski definition) is 2. The van der Waals surface area contributed by atoms with Crippen LogP contribution in [-0.4, -0.2) is 59.3 Å². The number of ether oxygens (including phenoxy) is 1. The summed E-state index contributed by atoms with van der Waals surface area (Å²) in [6.07, 6.45) is -0.241. The van der Waals surface area contributed by atoms with E-state index in [1.54, 1.807) is 13.8 Å². The molecule has 9 heteroatoms. The third kappa shape index (κ3) is 2.43. The van der Waals surface area contributed by atoms with Gasteiger partial charge in [0.05, 0.1) is 12.7 Å². The first-order valence-electron chi connectivity index (χ1n) is 6.16. The molecule has 1 fully saturated rings. The van der Waals surface area contributed by atoms with Crippen LogP contribution in [0.15, 0.2) is 5.03 Å². The first-order valence-corrected chi connectivity index (χ1v) is 7.61. The summed E-state index contributed by atoms with van der Waals surface area (Å²) in [5.41, 5.74) is -0.0959. The van der Waals surface area contributed by atoms with Crippen LogP contribution >= 0.6 is 0 Å². The Balaban J connectivity index is 2.47. The number of carbonyl (C=O) groups is 1. The highest BCUT2D eigenvalue weighted by molar-refractivity contribution is 7.89. The molecule has 0 saturated carbocycles. The summed E-state index contributed by atoms with van der Waals surface area (Å²) in [5, 5.41) is 14.8. The van der Waals surface area contributed by atoms with E-state index in [0.29, 0.717) is 0 Å². The summed E-state index contributed by atoms with van der Waals surface area (Å²) in [6, 6.07) is -0.366. The Kier molecular flexibility index (Phi) is 3.85. The lowest BCUT2D eigenvalue weighted by molar-refractivity contribution is -0.0171. The molecule has 2 rings (SSSR count). The van der Waals surface area contributed by atoms with Gasteiger partial charge in [0.1, 0.15) is 5.56 Å². The number of rotatable bonds is 3. The van der Waals surface area contributed by atoms with E-state index in [2.05, 4.69) is 10.2 Å². The minimum atomic E-state index is -3.97.